The van der Waals surface area contributed by atoms with Gasteiger partial charge in [0.15, 0.2) is 12.4 Å². The summed E-state index contributed by atoms with van der Waals surface area (Å²) >= 11 is 5.86. The van der Waals surface area contributed by atoms with Gasteiger partial charge in [-0.25, -0.2) is 0 Å². The van der Waals surface area contributed by atoms with Crippen molar-refractivity contribution < 1.29 is 19.1 Å². The summed E-state index contributed by atoms with van der Waals surface area (Å²) in [7, 11) is 0. The zero-order valence-corrected chi connectivity index (χ0v) is 17.3. The maximum absolute atomic E-state index is 12.5. The second-order valence-corrected chi connectivity index (χ2v) is 6.97. The Bertz CT molecular complexity index is 1000. The van der Waals surface area contributed by atoms with Gasteiger partial charge in [-0.2, -0.15) is 0 Å². The smallest absolute Gasteiger partial charge is 0.262 e. The molecule has 0 aliphatic rings. The van der Waals surface area contributed by atoms with Crippen LogP contribution >= 0.6 is 11.6 Å². The van der Waals surface area contributed by atoms with Crippen molar-refractivity contribution in [1.82, 2.24) is 0 Å². The van der Waals surface area contributed by atoms with Gasteiger partial charge in [-0.05, 0) is 73.2 Å². The number of carbonyl (C=O) groups excluding carboxylic acids is 2. The average Bonchev–Trinajstić information content (AvgIpc) is 2.77. The number of rotatable bonds is 9. The molecular weight excluding hydrogens is 402 g/mol. The summed E-state index contributed by atoms with van der Waals surface area (Å²) < 4.78 is 10.9. The van der Waals surface area contributed by atoms with Gasteiger partial charge in [-0.3, -0.25) is 9.59 Å². The molecule has 0 aromatic heterocycles. The summed E-state index contributed by atoms with van der Waals surface area (Å²) in [6.45, 7) is 2.93. The summed E-state index contributed by atoms with van der Waals surface area (Å²) in [6, 6.07) is 20.9. The van der Waals surface area contributed by atoms with Crippen LogP contribution in [0.3, 0.4) is 0 Å². The van der Waals surface area contributed by atoms with E-state index in [-0.39, 0.29) is 18.3 Å². The van der Waals surface area contributed by atoms with Crippen molar-refractivity contribution in [3.8, 4) is 5.75 Å². The van der Waals surface area contributed by atoms with Gasteiger partial charge in [0.1, 0.15) is 5.75 Å². The molecule has 1 N–H and O–H groups in total. The first-order chi connectivity index (χ1) is 14.5. The summed E-state index contributed by atoms with van der Waals surface area (Å²) in [4.78, 5) is 24.6. The fourth-order valence-electron chi connectivity index (χ4n) is 2.78. The van der Waals surface area contributed by atoms with Gasteiger partial charge in [-0.15, -0.1) is 0 Å². The minimum absolute atomic E-state index is 0.108. The van der Waals surface area contributed by atoms with E-state index < -0.39 is 0 Å². The van der Waals surface area contributed by atoms with Crippen LogP contribution in [-0.4, -0.2) is 24.9 Å². The molecule has 3 aromatic rings. The van der Waals surface area contributed by atoms with Crippen LogP contribution in [0, 0.1) is 0 Å². The lowest BCUT2D eigenvalue weighted by molar-refractivity contribution is -0.118. The molecule has 0 atom stereocenters. The highest BCUT2D eigenvalue weighted by Gasteiger charge is 2.10. The number of amides is 1. The number of benzene rings is 3. The van der Waals surface area contributed by atoms with Gasteiger partial charge < -0.3 is 14.8 Å². The highest BCUT2D eigenvalue weighted by atomic mass is 35.5. The predicted octanol–water partition coefficient (Wildman–Crippen LogP) is 5.13. The van der Waals surface area contributed by atoms with Gasteiger partial charge in [0.05, 0.1) is 6.61 Å². The van der Waals surface area contributed by atoms with Crippen LogP contribution in [0.2, 0.25) is 5.02 Å². The van der Waals surface area contributed by atoms with E-state index in [9.17, 15) is 9.59 Å². The van der Waals surface area contributed by atoms with Crippen LogP contribution in [0.15, 0.2) is 72.8 Å². The molecule has 0 saturated carbocycles. The zero-order valence-electron chi connectivity index (χ0n) is 16.6. The first kappa shape index (κ1) is 21.6. The standard InChI is InChI=1S/C24H22ClNO4/c1-2-29-15-17-4-3-5-21(14-17)26-23(27)16-30-22-12-8-19(9-13-22)24(28)18-6-10-20(25)11-7-18/h3-14H,2,15-16H2,1H3,(H,26,27). The summed E-state index contributed by atoms with van der Waals surface area (Å²) in [5.74, 6) is 0.121. The molecule has 3 rings (SSSR count). The number of nitrogens with one attached hydrogen (secondary N) is 1. The number of anilines is 1. The maximum Gasteiger partial charge on any atom is 0.262 e. The molecule has 1 amide bonds. The number of hydrogen-bond donors (Lipinski definition) is 1. The predicted molar refractivity (Wildman–Crippen MR) is 117 cm³/mol. The largest absolute Gasteiger partial charge is 0.484 e. The van der Waals surface area contributed by atoms with E-state index in [1.807, 2.05) is 31.2 Å². The Morgan fingerprint density at radius 3 is 2.27 bits per heavy atom. The molecule has 0 aliphatic heterocycles. The first-order valence-corrected chi connectivity index (χ1v) is 9.92. The topological polar surface area (TPSA) is 64.6 Å². The van der Waals surface area contributed by atoms with E-state index in [2.05, 4.69) is 5.32 Å². The molecule has 0 saturated heterocycles. The number of carbonyl (C=O) groups is 2. The second kappa shape index (κ2) is 10.6. The lowest BCUT2D eigenvalue weighted by Gasteiger charge is -2.09. The molecule has 0 aliphatic carbocycles. The Balaban J connectivity index is 1.53. The molecule has 3 aromatic carbocycles. The summed E-state index contributed by atoms with van der Waals surface area (Å²) in [5.41, 5.74) is 2.75. The van der Waals surface area contributed by atoms with Crippen molar-refractivity contribution in [3.05, 3.63) is 94.5 Å². The molecule has 0 radical (unpaired) electrons. The fraction of sp³-hybridized carbons (Fsp3) is 0.167. The van der Waals surface area contributed by atoms with Crippen LogP contribution in [0.5, 0.6) is 5.75 Å². The van der Waals surface area contributed by atoms with E-state index in [1.165, 1.54) is 0 Å². The summed E-state index contributed by atoms with van der Waals surface area (Å²) in [6.07, 6.45) is 0. The van der Waals surface area contributed by atoms with Crippen LogP contribution in [0.4, 0.5) is 5.69 Å². The Labute approximate surface area is 180 Å². The van der Waals surface area contributed by atoms with Gasteiger partial charge in [0.2, 0.25) is 0 Å². The number of halogens is 1. The molecule has 0 unspecified atom stereocenters. The second-order valence-electron chi connectivity index (χ2n) is 6.53. The first-order valence-electron chi connectivity index (χ1n) is 9.55. The van der Waals surface area contributed by atoms with E-state index in [4.69, 9.17) is 21.1 Å². The van der Waals surface area contributed by atoms with Crippen molar-refractivity contribution in [2.24, 2.45) is 0 Å². The SMILES string of the molecule is CCOCc1cccc(NC(=O)COc2ccc(C(=O)c3ccc(Cl)cc3)cc2)c1. The van der Waals surface area contributed by atoms with Crippen molar-refractivity contribution in [2.75, 3.05) is 18.5 Å². The Morgan fingerprint density at radius 2 is 1.60 bits per heavy atom. The molecule has 0 spiro atoms. The van der Waals surface area contributed by atoms with Gasteiger partial charge in [-0.1, -0.05) is 23.7 Å². The van der Waals surface area contributed by atoms with E-state index in [0.29, 0.717) is 40.8 Å². The maximum atomic E-state index is 12.5. The quantitative estimate of drug-likeness (QED) is 0.485. The number of ether oxygens (including phenoxy) is 2. The van der Waals surface area contributed by atoms with Crippen molar-refractivity contribution >= 4 is 29.0 Å². The monoisotopic (exact) mass is 423 g/mol. The van der Waals surface area contributed by atoms with E-state index in [0.717, 1.165) is 5.56 Å². The van der Waals surface area contributed by atoms with E-state index in [1.54, 1.807) is 48.5 Å². The molecule has 154 valence electrons. The lowest BCUT2D eigenvalue weighted by atomic mass is 10.0. The van der Waals surface area contributed by atoms with Crippen molar-refractivity contribution in [1.29, 1.82) is 0 Å². The average molecular weight is 424 g/mol. The Hall–Kier alpha value is -3.15. The number of hydrogen-bond acceptors (Lipinski definition) is 4. The zero-order chi connectivity index (χ0) is 21.3. The van der Waals surface area contributed by atoms with Crippen LogP contribution in [0.1, 0.15) is 28.4 Å². The van der Waals surface area contributed by atoms with Gasteiger partial charge >= 0.3 is 0 Å². The fourth-order valence-corrected chi connectivity index (χ4v) is 2.90. The van der Waals surface area contributed by atoms with Crippen LogP contribution in [-0.2, 0) is 16.1 Å². The van der Waals surface area contributed by atoms with Crippen LogP contribution < -0.4 is 10.1 Å². The highest BCUT2D eigenvalue weighted by molar-refractivity contribution is 6.30. The Kier molecular flexibility index (Phi) is 7.60. The molecule has 0 fully saturated rings. The molecule has 0 heterocycles. The summed E-state index contributed by atoms with van der Waals surface area (Å²) in [5, 5.41) is 3.38. The Morgan fingerprint density at radius 1 is 0.933 bits per heavy atom. The van der Waals surface area contributed by atoms with Crippen LogP contribution in [0.25, 0.3) is 0 Å². The van der Waals surface area contributed by atoms with Crippen molar-refractivity contribution in [3.63, 3.8) is 0 Å². The third kappa shape index (κ3) is 6.17. The third-order valence-corrected chi connectivity index (χ3v) is 4.53. The minimum Gasteiger partial charge on any atom is -0.484 e. The van der Waals surface area contributed by atoms with Gasteiger partial charge in [0.25, 0.3) is 5.91 Å². The highest BCUT2D eigenvalue weighted by Crippen LogP contribution is 2.17. The normalized spacial score (nSPS) is 10.5. The van der Waals surface area contributed by atoms with Crippen molar-refractivity contribution in [2.45, 2.75) is 13.5 Å². The molecular formula is C24H22ClNO4. The lowest BCUT2D eigenvalue weighted by Crippen LogP contribution is -2.20. The molecule has 30 heavy (non-hydrogen) atoms. The minimum atomic E-state index is -0.273. The van der Waals surface area contributed by atoms with Gasteiger partial charge in [0, 0.05) is 28.4 Å². The number of ketones is 1. The molecule has 6 heteroatoms. The molecule has 5 nitrogen and oxygen atoms in total. The molecule has 0 bridgehead atoms. The third-order valence-electron chi connectivity index (χ3n) is 4.28. The van der Waals surface area contributed by atoms with E-state index >= 15 is 0 Å².